The summed E-state index contributed by atoms with van der Waals surface area (Å²) in [6.07, 6.45) is 1.34. The van der Waals surface area contributed by atoms with Crippen molar-refractivity contribution in [2.24, 2.45) is 0 Å². The van der Waals surface area contributed by atoms with Crippen LogP contribution in [0.5, 0.6) is 5.88 Å². The Kier molecular flexibility index (Phi) is 4.15. The molecule has 2 aromatic rings. The molecule has 1 aromatic heterocycles. The summed E-state index contributed by atoms with van der Waals surface area (Å²) in [5.74, 6) is 1.02. The van der Waals surface area contributed by atoms with E-state index in [-0.39, 0.29) is 6.10 Å². The standard InChI is InChI=1S/C14H15NO3/c1-3-12(16-2)13-9-14(15-18-13)17-10-11-7-5-4-6-8-11/h3-9,12H,1,10H2,2H3/t12-/m0/s1. The van der Waals surface area contributed by atoms with Crippen molar-refractivity contribution in [1.82, 2.24) is 5.16 Å². The molecule has 0 radical (unpaired) electrons. The molecule has 0 spiro atoms. The molecule has 94 valence electrons. The molecule has 0 aliphatic rings. The molecule has 0 saturated carbocycles. The second-order valence-electron chi connectivity index (χ2n) is 3.73. The Morgan fingerprint density at radius 3 is 2.83 bits per heavy atom. The van der Waals surface area contributed by atoms with Gasteiger partial charge >= 0.3 is 0 Å². The zero-order valence-electron chi connectivity index (χ0n) is 10.2. The lowest BCUT2D eigenvalue weighted by Gasteiger charge is -2.03. The lowest BCUT2D eigenvalue weighted by Crippen LogP contribution is -1.95. The molecule has 0 N–H and O–H groups in total. The van der Waals surface area contributed by atoms with Crippen LogP contribution < -0.4 is 4.74 Å². The third-order valence-electron chi connectivity index (χ3n) is 2.48. The van der Waals surface area contributed by atoms with E-state index < -0.39 is 0 Å². The van der Waals surface area contributed by atoms with E-state index in [0.717, 1.165) is 5.56 Å². The van der Waals surface area contributed by atoms with Crippen LogP contribution in [0.15, 0.2) is 53.6 Å². The van der Waals surface area contributed by atoms with Gasteiger partial charge in [0.05, 0.1) is 0 Å². The number of nitrogens with zero attached hydrogens (tertiary/aromatic N) is 1. The smallest absolute Gasteiger partial charge is 0.254 e. The fourth-order valence-electron chi connectivity index (χ4n) is 1.53. The van der Waals surface area contributed by atoms with Gasteiger partial charge in [0, 0.05) is 13.2 Å². The minimum Gasteiger partial charge on any atom is -0.471 e. The van der Waals surface area contributed by atoms with Crippen molar-refractivity contribution in [2.75, 3.05) is 7.11 Å². The van der Waals surface area contributed by atoms with Crippen LogP contribution in [0.4, 0.5) is 0 Å². The third kappa shape index (κ3) is 2.99. The molecular formula is C14H15NO3. The number of ether oxygens (including phenoxy) is 2. The van der Waals surface area contributed by atoms with E-state index in [1.807, 2.05) is 30.3 Å². The maximum absolute atomic E-state index is 5.52. The highest BCUT2D eigenvalue weighted by Crippen LogP contribution is 2.22. The van der Waals surface area contributed by atoms with E-state index in [0.29, 0.717) is 18.2 Å². The van der Waals surface area contributed by atoms with E-state index in [9.17, 15) is 0 Å². The van der Waals surface area contributed by atoms with Crippen LogP contribution in [0, 0.1) is 0 Å². The van der Waals surface area contributed by atoms with Crippen molar-refractivity contribution in [3.63, 3.8) is 0 Å². The molecule has 0 amide bonds. The number of hydrogen-bond acceptors (Lipinski definition) is 4. The maximum atomic E-state index is 5.52. The van der Waals surface area contributed by atoms with Crippen molar-refractivity contribution in [1.29, 1.82) is 0 Å². The van der Waals surface area contributed by atoms with Crippen LogP contribution in [-0.2, 0) is 11.3 Å². The number of rotatable bonds is 6. The quantitative estimate of drug-likeness (QED) is 0.733. The fraction of sp³-hybridized carbons (Fsp3) is 0.214. The molecular weight excluding hydrogens is 230 g/mol. The highest BCUT2D eigenvalue weighted by molar-refractivity contribution is 5.18. The molecule has 1 heterocycles. The van der Waals surface area contributed by atoms with Crippen molar-refractivity contribution < 1.29 is 14.0 Å². The molecule has 0 saturated heterocycles. The lowest BCUT2D eigenvalue weighted by atomic mass is 10.2. The zero-order valence-corrected chi connectivity index (χ0v) is 10.2. The summed E-state index contributed by atoms with van der Waals surface area (Å²) in [5, 5.41) is 3.82. The summed E-state index contributed by atoms with van der Waals surface area (Å²) < 4.78 is 15.8. The molecule has 1 aromatic carbocycles. The van der Waals surface area contributed by atoms with E-state index in [2.05, 4.69) is 11.7 Å². The second-order valence-corrected chi connectivity index (χ2v) is 3.73. The highest BCUT2D eigenvalue weighted by Gasteiger charge is 2.13. The lowest BCUT2D eigenvalue weighted by molar-refractivity contribution is 0.115. The summed E-state index contributed by atoms with van der Waals surface area (Å²) >= 11 is 0. The first-order valence-electron chi connectivity index (χ1n) is 5.62. The zero-order chi connectivity index (χ0) is 12.8. The summed E-state index contributed by atoms with van der Waals surface area (Å²) in [7, 11) is 1.58. The Balaban J connectivity index is 1.97. The van der Waals surface area contributed by atoms with Gasteiger partial charge in [0.15, 0.2) is 5.76 Å². The van der Waals surface area contributed by atoms with Gasteiger partial charge in [-0.2, -0.15) is 0 Å². The minimum atomic E-state index is -0.299. The average molecular weight is 245 g/mol. The predicted octanol–water partition coefficient (Wildman–Crippen LogP) is 3.13. The normalized spacial score (nSPS) is 12.1. The first-order chi connectivity index (χ1) is 8.83. The number of hydrogen-bond donors (Lipinski definition) is 0. The molecule has 4 heteroatoms. The molecule has 0 bridgehead atoms. The third-order valence-corrected chi connectivity index (χ3v) is 2.48. The second kappa shape index (κ2) is 6.02. The Morgan fingerprint density at radius 2 is 2.17 bits per heavy atom. The van der Waals surface area contributed by atoms with Crippen molar-refractivity contribution in [3.8, 4) is 5.88 Å². The van der Waals surface area contributed by atoms with Gasteiger partial charge < -0.3 is 14.0 Å². The Bertz CT molecular complexity index is 493. The molecule has 0 fully saturated rings. The number of methoxy groups -OCH3 is 1. The SMILES string of the molecule is C=C[C@H](OC)c1cc(OCc2ccccc2)no1. The molecule has 1 atom stereocenters. The number of aromatic nitrogens is 1. The van der Waals surface area contributed by atoms with Crippen molar-refractivity contribution in [3.05, 3.63) is 60.4 Å². The topological polar surface area (TPSA) is 44.5 Å². The van der Waals surface area contributed by atoms with Gasteiger partial charge in [-0.25, -0.2) is 0 Å². The fourth-order valence-corrected chi connectivity index (χ4v) is 1.53. The largest absolute Gasteiger partial charge is 0.471 e. The van der Waals surface area contributed by atoms with Gasteiger partial charge in [0.25, 0.3) is 5.88 Å². The summed E-state index contributed by atoms with van der Waals surface area (Å²) in [6, 6.07) is 11.6. The van der Waals surface area contributed by atoms with E-state index >= 15 is 0 Å². The van der Waals surface area contributed by atoms with Gasteiger partial charge in [-0.1, -0.05) is 36.4 Å². The molecule has 0 unspecified atom stereocenters. The van der Waals surface area contributed by atoms with E-state index in [4.69, 9.17) is 14.0 Å². The van der Waals surface area contributed by atoms with E-state index in [1.165, 1.54) is 0 Å². The Hall–Kier alpha value is -2.07. The van der Waals surface area contributed by atoms with E-state index in [1.54, 1.807) is 19.3 Å². The average Bonchev–Trinajstić information content (AvgIpc) is 2.88. The van der Waals surface area contributed by atoms with Gasteiger partial charge in [-0.15, -0.1) is 6.58 Å². The van der Waals surface area contributed by atoms with Gasteiger partial charge in [0.2, 0.25) is 0 Å². The minimum absolute atomic E-state index is 0.299. The molecule has 18 heavy (non-hydrogen) atoms. The Morgan fingerprint density at radius 1 is 1.39 bits per heavy atom. The first kappa shape index (κ1) is 12.4. The highest BCUT2D eigenvalue weighted by atomic mass is 16.5. The number of benzene rings is 1. The van der Waals surface area contributed by atoms with Crippen molar-refractivity contribution in [2.45, 2.75) is 12.7 Å². The summed E-state index contributed by atoms with van der Waals surface area (Å²) in [6.45, 7) is 4.11. The first-order valence-corrected chi connectivity index (χ1v) is 5.62. The van der Waals surface area contributed by atoms with Crippen molar-refractivity contribution >= 4 is 0 Å². The summed E-state index contributed by atoms with van der Waals surface area (Å²) in [5.41, 5.74) is 1.08. The van der Waals surface area contributed by atoms with Gasteiger partial charge in [-0.3, -0.25) is 0 Å². The van der Waals surface area contributed by atoms with Crippen LogP contribution in [0.1, 0.15) is 17.4 Å². The monoisotopic (exact) mass is 245 g/mol. The van der Waals surface area contributed by atoms with Crippen LogP contribution in [0.25, 0.3) is 0 Å². The molecule has 0 aliphatic carbocycles. The summed E-state index contributed by atoms with van der Waals surface area (Å²) in [4.78, 5) is 0. The van der Waals surface area contributed by atoms with Crippen LogP contribution in [-0.4, -0.2) is 12.3 Å². The molecule has 4 nitrogen and oxygen atoms in total. The van der Waals surface area contributed by atoms with Crippen LogP contribution in [0.3, 0.4) is 0 Å². The maximum Gasteiger partial charge on any atom is 0.254 e. The predicted molar refractivity (Wildman–Crippen MR) is 67.2 cm³/mol. The van der Waals surface area contributed by atoms with Crippen LogP contribution in [0.2, 0.25) is 0 Å². The molecule has 0 aliphatic heterocycles. The van der Waals surface area contributed by atoms with Gasteiger partial charge in [-0.05, 0) is 10.7 Å². The van der Waals surface area contributed by atoms with Crippen LogP contribution >= 0.6 is 0 Å². The Labute approximate surface area is 106 Å². The molecule has 2 rings (SSSR count). The van der Waals surface area contributed by atoms with Gasteiger partial charge in [0.1, 0.15) is 12.7 Å².